The summed E-state index contributed by atoms with van der Waals surface area (Å²) in [4.78, 5) is 5.10. The SMILES string of the molecule is C[C@@H]1CN(Cc2ccccc2)CC[C@@H]1N(C)CCC1OCCO1. The van der Waals surface area contributed by atoms with Crippen molar-refractivity contribution in [3.05, 3.63) is 35.9 Å². The zero-order chi connectivity index (χ0) is 16.1. The molecule has 0 aromatic heterocycles. The Bertz CT molecular complexity index is 462. The van der Waals surface area contributed by atoms with Crippen molar-refractivity contribution >= 4 is 0 Å². The normalized spacial score (nSPS) is 26.9. The molecule has 3 rings (SSSR count). The minimum Gasteiger partial charge on any atom is -0.350 e. The van der Waals surface area contributed by atoms with Gasteiger partial charge in [-0.2, -0.15) is 0 Å². The molecule has 23 heavy (non-hydrogen) atoms. The van der Waals surface area contributed by atoms with Gasteiger partial charge in [0.25, 0.3) is 0 Å². The number of rotatable bonds is 6. The zero-order valence-corrected chi connectivity index (χ0v) is 14.5. The minimum absolute atomic E-state index is 0.0194. The third kappa shape index (κ3) is 4.77. The first kappa shape index (κ1) is 16.9. The molecule has 2 fully saturated rings. The fourth-order valence-electron chi connectivity index (χ4n) is 3.91. The third-order valence-corrected chi connectivity index (χ3v) is 5.17. The van der Waals surface area contributed by atoms with E-state index in [1.54, 1.807) is 0 Å². The van der Waals surface area contributed by atoms with Gasteiger partial charge in [0.1, 0.15) is 0 Å². The molecule has 0 N–H and O–H groups in total. The fourth-order valence-corrected chi connectivity index (χ4v) is 3.91. The van der Waals surface area contributed by atoms with Crippen LogP contribution in [0.5, 0.6) is 0 Å². The Labute approximate surface area is 140 Å². The summed E-state index contributed by atoms with van der Waals surface area (Å²) in [6, 6.07) is 11.5. The van der Waals surface area contributed by atoms with Gasteiger partial charge in [0.15, 0.2) is 6.29 Å². The molecule has 0 bridgehead atoms. The number of benzene rings is 1. The molecule has 2 atom stereocenters. The van der Waals surface area contributed by atoms with Crippen LogP contribution in [-0.2, 0) is 16.0 Å². The molecular weight excluding hydrogens is 288 g/mol. The monoisotopic (exact) mass is 318 g/mol. The minimum atomic E-state index is 0.0194. The van der Waals surface area contributed by atoms with Crippen LogP contribution in [0.2, 0.25) is 0 Å². The Morgan fingerprint density at radius 1 is 1.17 bits per heavy atom. The molecular formula is C19H30N2O2. The lowest BCUT2D eigenvalue weighted by molar-refractivity contribution is -0.0547. The van der Waals surface area contributed by atoms with Gasteiger partial charge in [0.05, 0.1) is 13.2 Å². The molecule has 2 saturated heterocycles. The smallest absolute Gasteiger partial charge is 0.159 e. The van der Waals surface area contributed by atoms with Crippen molar-refractivity contribution in [2.75, 3.05) is 39.9 Å². The first-order valence-electron chi connectivity index (χ1n) is 8.92. The predicted octanol–water partition coefficient (Wildman–Crippen LogP) is 2.59. The Morgan fingerprint density at radius 3 is 2.61 bits per heavy atom. The van der Waals surface area contributed by atoms with Crippen LogP contribution in [0.1, 0.15) is 25.3 Å². The van der Waals surface area contributed by atoms with E-state index >= 15 is 0 Å². The molecule has 4 nitrogen and oxygen atoms in total. The molecule has 128 valence electrons. The lowest BCUT2D eigenvalue weighted by Crippen LogP contribution is -2.49. The number of ether oxygens (including phenoxy) is 2. The largest absolute Gasteiger partial charge is 0.350 e. The molecule has 0 amide bonds. The van der Waals surface area contributed by atoms with Crippen molar-refractivity contribution in [2.24, 2.45) is 5.92 Å². The van der Waals surface area contributed by atoms with E-state index in [2.05, 4.69) is 54.1 Å². The zero-order valence-electron chi connectivity index (χ0n) is 14.5. The number of hydrogen-bond acceptors (Lipinski definition) is 4. The Morgan fingerprint density at radius 2 is 1.91 bits per heavy atom. The van der Waals surface area contributed by atoms with E-state index in [1.807, 2.05) is 0 Å². The molecule has 0 unspecified atom stereocenters. The molecule has 1 aromatic carbocycles. The molecule has 0 aliphatic carbocycles. The van der Waals surface area contributed by atoms with E-state index in [0.717, 1.165) is 32.7 Å². The standard InChI is InChI=1S/C19H30N2O2/c1-16-14-21(15-17-6-4-3-5-7-17)11-8-18(16)20(2)10-9-19-22-12-13-23-19/h3-7,16,18-19H,8-15H2,1-2H3/t16-,18+/m1/s1. The van der Waals surface area contributed by atoms with Gasteiger partial charge < -0.3 is 14.4 Å². The quantitative estimate of drug-likeness (QED) is 0.805. The maximum atomic E-state index is 5.54. The highest BCUT2D eigenvalue weighted by molar-refractivity contribution is 5.14. The van der Waals surface area contributed by atoms with Gasteiger partial charge in [-0.05, 0) is 31.5 Å². The topological polar surface area (TPSA) is 24.9 Å². The van der Waals surface area contributed by atoms with E-state index in [9.17, 15) is 0 Å². The summed E-state index contributed by atoms with van der Waals surface area (Å²) in [5.41, 5.74) is 1.42. The van der Waals surface area contributed by atoms with Crippen molar-refractivity contribution in [2.45, 2.75) is 38.6 Å². The average Bonchev–Trinajstić information content (AvgIpc) is 3.07. The van der Waals surface area contributed by atoms with Crippen molar-refractivity contribution < 1.29 is 9.47 Å². The predicted molar refractivity (Wildman–Crippen MR) is 92.2 cm³/mol. The first-order valence-corrected chi connectivity index (χ1v) is 8.92. The van der Waals surface area contributed by atoms with Crippen molar-refractivity contribution in [3.8, 4) is 0 Å². The van der Waals surface area contributed by atoms with Gasteiger partial charge >= 0.3 is 0 Å². The van der Waals surface area contributed by atoms with E-state index in [0.29, 0.717) is 12.0 Å². The number of nitrogens with zero attached hydrogens (tertiary/aromatic N) is 2. The summed E-state index contributed by atoms with van der Waals surface area (Å²) in [6.07, 6.45) is 2.25. The highest BCUT2D eigenvalue weighted by atomic mass is 16.7. The van der Waals surface area contributed by atoms with Gasteiger partial charge in [0.2, 0.25) is 0 Å². The lowest BCUT2D eigenvalue weighted by Gasteiger charge is -2.41. The van der Waals surface area contributed by atoms with Crippen LogP contribution in [-0.4, -0.2) is 62.0 Å². The summed E-state index contributed by atoms with van der Waals surface area (Å²) in [7, 11) is 2.25. The van der Waals surface area contributed by atoms with E-state index in [4.69, 9.17) is 9.47 Å². The Hall–Kier alpha value is -0.940. The maximum Gasteiger partial charge on any atom is 0.159 e. The Kier molecular flexibility index (Phi) is 6.06. The van der Waals surface area contributed by atoms with Gasteiger partial charge in [-0.3, -0.25) is 4.90 Å². The second-order valence-electron chi connectivity index (χ2n) is 6.99. The Balaban J connectivity index is 1.44. The molecule has 2 aliphatic heterocycles. The van der Waals surface area contributed by atoms with Crippen molar-refractivity contribution in [3.63, 3.8) is 0 Å². The number of piperidine rings is 1. The molecule has 0 radical (unpaired) electrons. The molecule has 0 spiro atoms. The molecule has 4 heteroatoms. The maximum absolute atomic E-state index is 5.54. The summed E-state index contributed by atoms with van der Waals surface area (Å²) >= 11 is 0. The van der Waals surface area contributed by atoms with Crippen molar-refractivity contribution in [1.82, 2.24) is 9.80 Å². The number of hydrogen-bond donors (Lipinski definition) is 0. The molecule has 0 saturated carbocycles. The van der Waals surface area contributed by atoms with Crippen LogP contribution in [0.25, 0.3) is 0 Å². The van der Waals surface area contributed by atoms with Gasteiger partial charge in [0, 0.05) is 32.1 Å². The highest BCUT2D eigenvalue weighted by Gasteiger charge is 2.29. The second kappa shape index (κ2) is 8.25. The summed E-state index contributed by atoms with van der Waals surface area (Å²) in [5, 5.41) is 0. The van der Waals surface area contributed by atoms with Crippen LogP contribution in [0.3, 0.4) is 0 Å². The van der Waals surface area contributed by atoms with Crippen LogP contribution < -0.4 is 0 Å². The number of likely N-dealkylation sites (tertiary alicyclic amines) is 1. The van der Waals surface area contributed by atoms with E-state index in [-0.39, 0.29) is 6.29 Å². The van der Waals surface area contributed by atoms with Crippen LogP contribution in [0, 0.1) is 5.92 Å². The summed E-state index contributed by atoms with van der Waals surface area (Å²) in [5.74, 6) is 0.697. The first-order chi connectivity index (χ1) is 11.2. The van der Waals surface area contributed by atoms with E-state index in [1.165, 1.54) is 25.1 Å². The fraction of sp³-hybridized carbons (Fsp3) is 0.684. The van der Waals surface area contributed by atoms with Crippen molar-refractivity contribution in [1.29, 1.82) is 0 Å². The van der Waals surface area contributed by atoms with Crippen LogP contribution >= 0.6 is 0 Å². The average molecular weight is 318 g/mol. The van der Waals surface area contributed by atoms with Gasteiger partial charge in [-0.25, -0.2) is 0 Å². The molecule has 2 aliphatic rings. The molecule has 1 aromatic rings. The molecule has 2 heterocycles. The van der Waals surface area contributed by atoms with Gasteiger partial charge in [-0.1, -0.05) is 37.3 Å². The third-order valence-electron chi connectivity index (χ3n) is 5.17. The second-order valence-corrected chi connectivity index (χ2v) is 6.99. The highest BCUT2D eigenvalue weighted by Crippen LogP contribution is 2.23. The summed E-state index contributed by atoms with van der Waals surface area (Å²) in [6.45, 7) is 8.39. The van der Waals surface area contributed by atoms with Crippen LogP contribution in [0.4, 0.5) is 0 Å². The van der Waals surface area contributed by atoms with Gasteiger partial charge in [-0.15, -0.1) is 0 Å². The lowest BCUT2D eigenvalue weighted by atomic mass is 9.92. The van der Waals surface area contributed by atoms with E-state index < -0.39 is 0 Å². The van der Waals surface area contributed by atoms with Crippen LogP contribution in [0.15, 0.2) is 30.3 Å². The summed E-state index contributed by atoms with van der Waals surface area (Å²) < 4.78 is 11.1.